The van der Waals surface area contributed by atoms with Crippen molar-refractivity contribution in [2.45, 2.75) is 20.3 Å². The van der Waals surface area contributed by atoms with Crippen LogP contribution < -0.4 is 20.3 Å². The van der Waals surface area contributed by atoms with Crippen LogP contribution in [0.2, 0.25) is 0 Å². The standard InChI is InChI=1S/C25H33N7S/c1-4-16-33-30-22-7-5-6-21(17-22)27-24-19(2)18-26-25(29-24)28-20-8-10-23(11-9-20)32-14-12-31(3)13-15-32/h5-11,17-18,30H,4,12-16H2,1-3H3,(H2,26,27,28,29). The number of aromatic nitrogens is 2. The highest BCUT2D eigenvalue weighted by molar-refractivity contribution is 8.00. The predicted molar refractivity (Wildman–Crippen MR) is 142 cm³/mol. The molecule has 0 saturated carbocycles. The number of anilines is 6. The van der Waals surface area contributed by atoms with Gasteiger partial charge in [0, 0.05) is 66.4 Å². The first-order chi connectivity index (χ1) is 16.1. The number of aryl methyl sites for hydroxylation is 1. The molecule has 0 aliphatic carbocycles. The topological polar surface area (TPSA) is 68.4 Å². The number of rotatable bonds is 9. The summed E-state index contributed by atoms with van der Waals surface area (Å²) in [6, 6.07) is 16.7. The summed E-state index contributed by atoms with van der Waals surface area (Å²) in [7, 11) is 2.18. The first-order valence-electron chi connectivity index (χ1n) is 11.5. The van der Waals surface area contributed by atoms with Crippen LogP contribution in [0.25, 0.3) is 0 Å². The van der Waals surface area contributed by atoms with Gasteiger partial charge < -0.3 is 25.2 Å². The van der Waals surface area contributed by atoms with E-state index in [-0.39, 0.29) is 0 Å². The molecule has 8 heteroatoms. The van der Waals surface area contributed by atoms with Crippen LogP contribution in [0.5, 0.6) is 0 Å². The fraction of sp³-hybridized carbons (Fsp3) is 0.360. The van der Waals surface area contributed by atoms with Gasteiger partial charge in [-0.2, -0.15) is 4.98 Å². The molecule has 0 spiro atoms. The average Bonchev–Trinajstić information content (AvgIpc) is 2.83. The highest BCUT2D eigenvalue weighted by atomic mass is 32.2. The van der Waals surface area contributed by atoms with E-state index in [9.17, 15) is 0 Å². The van der Waals surface area contributed by atoms with Gasteiger partial charge in [-0.05, 0) is 62.9 Å². The van der Waals surface area contributed by atoms with E-state index in [2.05, 4.69) is 80.5 Å². The van der Waals surface area contributed by atoms with Crippen molar-refractivity contribution in [1.82, 2.24) is 14.9 Å². The summed E-state index contributed by atoms with van der Waals surface area (Å²) in [5.74, 6) is 2.44. The lowest BCUT2D eigenvalue weighted by molar-refractivity contribution is 0.313. The monoisotopic (exact) mass is 463 g/mol. The van der Waals surface area contributed by atoms with E-state index in [1.165, 1.54) is 5.69 Å². The van der Waals surface area contributed by atoms with Crippen molar-refractivity contribution in [1.29, 1.82) is 0 Å². The summed E-state index contributed by atoms with van der Waals surface area (Å²) in [6.45, 7) is 8.52. The molecule has 174 valence electrons. The summed E-state index contributed by atoms with van der Waals surface area (Å²) in [4.78, 5) is 14.0. The van der Waals surface area contributed by atoms with Crippen molar-refractivity contribution >= 4 is 46.5 Å². The maximum Gasteiger partial charge on any atom is 0.229 e. The molecule has 3 aromatic rings. The van der Waals surface area contributed by atoms with Crippen LogP contribution in [0.1, 0.15) is 18.9 Å². The van der Waals surface area contributed by atoms with Crippen LogP contribution in [0.4, 0.5) is 34.5 Å². The lowest BCUT2D eigenvalue weighted by Gasteiger charge is -2.34. The molecule has 3 N–H and O–H groups in total. The zero-order valence-electron chi connectivity index (χ0n) is 19.6. The highest BCUT2D eigenvalue weighted by Gasteiger charge is 2.14. The average molecular weight is 464 g/mol. The molecule has 7 nitrogen and oxygen atoms in total. The summed E-state index contributed by atoms with van der Waals surface area (Å²) < 4.78 is 3.39. The number of piperazine rings is 1. The molecule has 2 heterocycles. The summed E-state index contributed by atoms with van der Waals surface area (Å²) in [5, 5.41) is 6.77. The first-order valence-corrected chi connectivity index (χ1v) is 12.5. The van der Waals surface area contributed by atoms with Gasteiger partial charge in [0.1, 0.15) is 5.82 Å². The molecule has 2 aromatic carbocycles. The second kappa shape index (κ2) is 11.2. The molecule has 1 saturated heterocycles. The Labute approximate surface area is 201 Å². The van der Waals surface area contributed by atoms with E-state index in [4.69, 9.17) is 4.98 Å². The van der Waals surface area contributed by atoms with Crippen LogP contribution >= 0.6 is 11.9 Å². The van der Waals surface area contributed by atoms with E-state index in [1.807, 2.05) is 25.3 Å². The van der Waals surface area contributed by atoms with Crippen LogP contribution in [0, 0.1) is 6.92 Å². The number of hydrogen-bond donors (Lipinski definition) is 3. The van der Waals surface area contributed by atoms with Gasteiger partial charge in [-0.1, -0.05) is 24.9 Å². The normalized spacial score (nSPS) is 14.2. The van der Waals surface area contributed by atoms with E-state index >= 15 is 0 Å². The van der Waals surface area contributed by atoms with Crippen LogP contribution in [0.15, 0.2) is 54.7 Å². The minimum Gasteiger partial charge on any atom is -0.369 e. The summed E-state index contributed by atoms with van der Waals surface area (Å²) in [5.41, 5.74) is 5.28. The van der Waals surface area contributed by atoms with Gasteiger partial charge in [-0.25, -0.2) is 4.98 Å². The minimum atomic E-state index is 0.572. The van der Waals surface area contributed by atoms with Gasteiger partial charge >= 0.3 is 0 Å². The van der Waals surface area contributed by atoms with Crippen LogP contribution in [-0.2, 0) is 0 Å². The van der Waals surface area contributed by atoms with Crippen molar-refractivity contribution < 1.29 is 0 Å². The number of nitrogens with one attached hydrogen (secondary N) is 3. The molecule has 1 aromatic heterocycles. The summed E-state index contributed by atoms with van der Waals surface area (Å²) in [6.07, 6.45) is 2.99. The Kier molecular flexibility index (Phi) is 7.91. The molecule has 0 bridgehead atoms. The zero-order chi connectivity index (χ0) is 23.0. The van der Waals surface area contributed by atoms with Crippen molar-refractivity contribution in [3.05, 3.63) is 60.3 Å². The van der Waals surface area contributed by atoms with Crippen LogP contribution in [0.3, 0.4) is 0 Å². The minimum absolute atomic E-state index is 0.572. The Balaban J connectivity index is 1.41. The number of hydrogen-bond acceptors (Lipinski definition) is 8. The maximum absolute atomic E-state index is 4.71. The van der Waals surface area contributed by atoms with Gasteiger partial charge in [0.15, 0.2) is 0 Å². The third kappa shape index (κ3) is 6.52. The third-order valence-corrected chi connectivity index (χ3v) is 6.58. The van der Waals surface area contributed by atoms with E-state index in [0.29, 0.717) is 5.95 Å². The Morgan fingerprint density at radius 3 is 2.45 bits per heavy atom. The largest absolute Gasteiger partial charge is 0.369 e. The second-order valence-electron chi connectivity index (χ2n) is 8.34. The smallest absolute Gasteiger partial charge is 0.229 e. The van der Waals surface area contributed by atoms with E-state index in [1.54, 1.807) is 11.9 Å². The fourth-order valence-corrected chi connectivity index (χ4v) is 4.21. The quantitative estimate of drug-likeness (QED) is 0.284. The molecular formula is C25H33N7S. The van der Waals surface area contributed by atoms with E-state index in [0.717, 1.165) is 66.8 Å². The van der Waals surface area contributed by atoms with Gasteiger partial charge in [0.05, 0.1) is 0 Å². The Hall–Kier alpha value is -2.97. The summed E-state index contributed by atoms with van der Waals surface area (Å²) >= 11 is 1.72. The van der Waals surface area contributed by atoms with Gasteiger partial charge in [-0.3, -0.25) is 0 Å². The van der Waals surface area contributed by atoms with Crippen molar-refractivity contribution in [2.75, 3.05) is 59.2 Å². The SMILES string of the molecule is CCCSNc1cccc(Nc2nc(Nc3ccc(N4CCN(C)CC4)cc3)ncc2C)c1. The Morgan fingerprint density at radius 2 is 1.70 bits per heavy atom. The van der Waals surface area contributed by atoms with Crippen molar-refractivity contribution in [3.63, 3.8) is 0 Å². The fourth-order valence-electron chi connectivity index (χ4n) is 3.61. The lowest BCUT2D eigenvalue weighted by atomic mass is 10.2. The Bertz CT molecular complexity index is 1030. The second-order valence-corrected chi connectivity index (χ2v) is 9.24. The molecule has 33 heavy (non-hydrogen) atoms. The van der Waals surface area contributed by atoms with Crippen molar-refractivity contribution in [2.24, 2.45) is 0 Å². The van der Waals surface area contributed by atoms with Gasteiger partial charge in [0.25, 0.3) is 0 Å². The molecule has 0 amide bonds. The molecule has 0 atom stereocenters. The lowest BCUT2D eigenvalue weighted by Crippen LogP contribution is -2.44. The molecule has 0 radical (unpaired) electrons. The van der Waals surface area contributed by atoms with Crippen molar-refractivity contribution in [3.8, 4) is 0 Å². The molecule has 4 rings (SSSR count). The number of likely N-dealkylation sites (N-methyl/N-ethyl adjacent to an activating group) is 1. The number of nitrogens with zero attached hydrogens (tertiary/aromatic N) is 4. The predicted octanol–water partition coefficient (Wildman–Crippen LogP) is 5.49. The van der Waals surface area contributed by atoms with Gasteiger partial charge in [-0.15, -0.1) is 0 Å². The molecule has 1 aliphatic rings. The molecular weight excluding hydrogens is 430 g/mol. The molecule has 1 aliphatic heterocycles. The first kappa shape index (κ1) is 23.2. The van der Waals surface area contributed by atoms with E-state index < -0.39 is 0 Å². The highest BCUT2D eigenvalue weighted by Crippen LogP contribution is 2.25. The third-order valence-electron chi connectivity index (χ3n) is 5.59. The zero-order valence-corrected chi connectivity index (χ0v) is 20.5. The van der Waals surface area contributed by atoms with Crippen LogP contribution in [-0.4, -0.2) is 53.8 Å². The van der Waals surface area contributed by atoms with Gasteiger partial charge in [0.2, 0.25) is 5.95 Å². The Morgan fingerprint density at radius 1 is 0.939 bits per heavy atom. The molecule has 0 unspecified atom stereocenters. The number of benzene rings is 2. The maximum atomic E-state index is 4.71. The molecule has 1 fully saturated rings.